The minimum atomic E-state index is 0.670. The Labute approximate surface area is 88.7 Å². The fourth-order valence-electron chi connectivity index (χ4n) is 2.03. The molecule has 1 aromatic rings. The van der Waals surface area contributed by atoms with Gasteiger partial charge in [0.2, 0.25) is 5.95 Å². The van der Waals surface area contributed by atoms with Crippen molar-refractivity contribution in [3.63, 3.8) is 0 Å². The average molecular weight is 205 g/mol. The summed E-state index contributed by atoms with van der Waals surface area (Å²) < 4.78 is 0. The molecule has 5 heteroatoms. The van der Waals surface area contributed by atoms with Crippen LogP contribution in [0.2, 0.25) is 0 Å². The fraction of sp³-hybridized carbons (Fsp3) is 0.600. The summed E-state index contributed by atoms with van der Waals surface area (Å²) in [5.74, 6) is 1.48. The Balaban J connectivity index is 2.00. The number of nitrogens with two attached hydrogens (primary N) is 1. The van der Waals surface area contributed by atoms with Crippen LogP contribution < -0.4 is 16.0 Å². The lowest BCUT2D eigenvalue weighted by atomic mass is 10.1. The van der Waals surface area contributed by atoms with Gasteiger partial charge in [0.15, 0.2) is 0 Å². The van der Waals surface area contributed by atoms with Crippen LogP contribution in [0.1, 0.15) is 17.7 Å². The molecule has 0 unspecified atom stereocenters. The van der Waals surface area contributed by atoms with E-state index >= 15 is 0 Å². The predicted octanol–water partition coefficient (Wildman–Crippen LogP) is -0.0854. The van der Waals surface area contributed by atoms with Gasteiger partial charge < -0.3 is 16.0 Å². The van der Waals surface area contributed by atoms with Gasteiger partial charge in [0.25, 0.3) is 0 Å². The van der Waals surface area contributed by atoms with Crippen molar-refractivity contribution >= 4 is 11.8 Å². The number of anilines is 2. The molecule has 0 saturated carbocycles. The van der Waals surface area contributed by atoms with Gasteiger partial charge in [-0.15, -0.1) is 0 Å². The summed E-state index contributed by atoms with van der Waals surface area (Å²) in [5.41, 5.74) is 8.17. The molecule has 0 spiro atoms. The minimum Gasteiger partial charge on any atom is -0.383 e. The lowest BCUT2D eigenvalue weighted by Gasteiger charge is -2.32. The molecule has 80 valence electrons. The minimum absolute atomic E-state index is 0.670. The monoisotopic (exact) mass is 205 g/mol. The highest BCUT2D eigenvalue weighted by Crippen LogP contribution is 2.23. The highest BCUT2D eigenvalue weighted by molar-refractivity contribution is 5.49. The first-order valence-electron chi connectivity index (χ1n) is 5.45. The van der Waals surface area contributed by atoms with Crippen LogP contribution in [0.5, 0.6) is 0 Å². The van der Waals surface area contributed by atoms with Crippen molar-refractivity contribution in [3.8, 4) is 0 Å². The first-order chi connectivity index (χ1) is 7.34. The molecule has 5 nitrogen and oxygen atoms in total. The molecule has 15 heavy (non-hydrogen) atoms. The number of hydrogen-bond acceptors (Lipinski definition) is 5. The number of rotatable bonds is 1. The van der Waals surface area contributed by atoms with E-state index in [1.807, 2.05) is 0 Å². The van der Waals surface area contributed by atoms with Gasteiger partial charge in [-0.2, -0.15) is 4.98 Å². The molecular weight excluding hydrogens is 190 g/mol. The summed E-state index contributed by atoms with van der Waals surface area (Å²) in [6.07, 6.45) is 2.18. The Hall–Kier alpha value is -1.36. The summed E-state index contributed by atoms with van der Waals surface area (Å²) in [4.78, 5) is 11.1. The van der Waals surface area contributed by atoms with Gasteiger partial charge in [0.05, 0.1) is 5.69 Å². The number of nitrogens with one attached hydrogen (secondary N) is 1. The number of nitrogen functional groups attached to an aromatic ring is 1. The lowest BCUT2D eigenvalue weighted by Crippen LogP contribution is -2.39. The van der Waals surface area contributed by atoms with Crippen LogP contribution in [0.15, 0.2) is 0 Å². The van der Waals surface area contributed by atoms with Crippen molar-refractivity contribution in [2.24, 2.45) is 0 Å². The van der Waals surface area contributed by atoms with E-state index in [0.717, 1.165) is 49.8 Å². The van der Waals surface area contributed by atoms with Crippen LogP contribution >= 0.6 is 0 Å². The Kier molecular flexibility index (Phi) is 1.98. The van der Waals surface area contributed by atoms with Crippen molar-refractivity contribution in [2.75, 3.05) is 30.3 Å². The maximum Gasteiger partial charge on any atom is 0.227 e. The number of hydrogen-bond donors (Lipinski definition) is 2. The SMILES string of the molecule is Nc1nc(N2CCC2)nc2c1CCNC2. The first-order valence-corrected chi connectivity index (χ1v) is 5.45. The van der Waals surface area contributed by atoms with E-state index in [0.29, 0.717) is 5.82 Å². The summed E-state index contributed by atoms with van der Waals surface area (Å²) in [7, 11) is 0. The molecule has 0 radical (unpaired) electrons. The standard InChI is InChI=1S/C10H15N5/c11-9-7-2-3-12-6-8(7)13-10(14-9)15-4-1-5-15/h12H,1-6H2,(H2,11,13,14). The molecule has 3 rings (SSSR count). The van der Waals surface area contributed by atoms with Gasteiger partial charge in [0, 0.05) is 25.2 Å². The van der Waals surface area contributed by atoms with Crippen LogP contribution in [0.3, 0.4) is 0 Å². The summed E-state index contributed by atoms with van der Waals surface area (Å²) >= 11 is 0. The molecule has 0 atom stereocenters. The van der Waals surface area contributed by atoms with E-state index in [9.17, 15) is 0 Å². The number of aromatic nitrogens is 2. The zero-order chi connectivity index (χ0) is 10.3. The molecular formula is C10H15N5. The summed E-state index contributed by atoms with van der Waals surface area (Å²) in [5, 5.41) is 3.31. The molecule has 2 aliphatic heterocycles. The molecule has 1 saturated heterocycles. The van der Waals surface area contributed by atoms with E-state index in [1.54, 1.807) is 0 Å². The van der Waals surface area contributed by atoms with E-state index < -0.39 is 0 Å². The van der Waals surface area contributed by atoms with Crippen LogP contribution in [-0.2, 0) is 13.0 Å². The Morgan fingerprint density at radius 2 is 2.13 bits per heavy atom. The van der Waals surface area contributed by atoms with Gasteiger partial charge in [-0.1, -0.05) is 0 Å². The van der Waals surface area contributed by atoms with Gasteiger partial charge in [-0.05, 0) is 19.4 Å². The van der Waals surface area contributed by atoms with Crippen LogP contribution in [-0.4, -0.2) is 29.6 Å². The van der Waals surface area contributed by atoms with Crippen molar-refractivity contribution in [1.29, 1.82) is 0 Å². The average Bonchev–Trinajstić information content (AvgIpc) is 2.15. The molecule has 2 aliphatic rings. The first kappa shape index (κ1) is 8.91. The topological polar surface area (TPSA) is 67.1 Å². The normalized spacial score (nSPS) is 19.6. The third-order valence-electron chi connectivity index (χ3n) is 3.10. The molecule has 0 aromatic carbocycles. The van der Waals surface area contributed by atoms with E-state index in [1.165, 1.54) is 6.42 Å². The van der Waals surface area contributed by atoms with E-state index in [4.69, 9.17) is 5.73 Å². The Bertz CT molecular complexity index is 386. The molecule has 1 fully saturated rings. The Morgan fingerprint density at radius 1 is 1.27 bits per heavy atom. The largest absolute Gasteiger partial charge is 0.383 e. The van der Waals surface area contributed by atoms with Crippen molar-refractivity contribution in [2.45, 2.75) is 19.4 Å². The lowest BCUT2D eigenvalue weighted by molar-refractivity contribution is 0.585. The van der Waals surface area contributed by atoms with Gasteiger partial charge in [-0.3, -0.25) is 0 Å². The number of nitrogens with zero attached hydrogens (tertiary/aromatic N) is 3. The molecule has 0 aliphatic carbocycles. The quantitative estimate of drug-likeness (QED) is 0.671. The fourth-order valence-corrected chi connectivity index (χ4v) is 2.03. The van der Waals surface area contributed by atoms with Gasteiger partial charge in [0.1, 0.15) is 5.82 Å². The molecule has 0 amide bonds. The third kappa shape index (κ3) is 1.43. The highest BCUT2D eigenvalue weighted by Gasteiger charge is 2.21. The second-order valence-electron chi connectivity index (χ2n) is 4.10. The second-order valence-corrected chi connectivity index (χ2v) is 4.10. The Morgan fingerprint density at radius 3 is 2.87 bits per heavy atom. The third-order valence-corrected chi connectivity index (χ3v) is 3.10. The molecule has 1 aromatic heterocycles. The molecule has 3 heterocycles. The molecule has 3 N–H and O–H groups in total. The van der Waals surface area contributed by atoms with Crippen molar-refractivity contribution in [3.05, 3.63) is 11.3 Å². The van der Waals surface area contributed by atoms with Crippen molar-refractivity contribution < 1.29 is 0 Å². The van der Waals surface area contributed by atoms with Crippen molar-refractivity contribution in [1.82, 2.24) is 15.3 Å². The van der Waals surface area contributed by atoms with Gasteiger partial charge in [-0.25, -0.2) is 4.98 Å². The summed E-state index contributed by atoms with van der Waals surface area (Å²) in [6, 6.07) is 0. The smallest absolute Gasteiger partial charge is 0.227 e. The number of fused-ring (bicyclic) bond motifs is 1. The highest BCUT2D eigenvalue weighted by atomic mass is 15.3. The predicted molar refractivity (Wildman–Crippen MR) is 58.7 cm³/mol. The van der Waals surface area contributed by atoms with E-state index in [-0.39, 0.29) is 0 Å². The van der Waals surface area contributed by atoms with Crippen LogP contribution in [0.25, 0.3) is 0 Å². The van der Waals surface area contributed by atoms with Crippen LogP contribution in [0.4, 0.5) is 11.8 Å². The van der Waals surface area contributed by atoms with Crippen LogP contribution in [0, 0.1) is 0 Å². The zero-order valence-electron chi connectivity index (χ0n) is 8.66. The van der Waals surface area contributed by atoms with E-state index in [2.05, 4.69) is 20.2 Å². The van der Waals surface area contributed by atoms with Gasteiger partial charge >= 0.3 is 0 Å². The maximum absolute atomic E-state index is 5.95. The molecule has 0 bridgehead atoms. The zero-order valence-corrected chi connectivity index (χ0v) is 8.66. The maximum atomic E-state index is 5.95. The summed E-state index contributed by atoms with van der Waals surface area (Å²) in [6.45, 7) is 3.92. The second kappa shape index (κ2) is 3.34.